The molecule has 6 heteroatoms. The van der Waals surface area contributed by atoms with E-state index >= 15 is 0 Å². The first-order valence-electron chi connectivity index (χ1n) is 4.73. The molecular formula is C11H8ClNO2S2. The third-order valence-electron chi connectivity index (χ3n) is 2.05. The quantitative estimate of drug-likeness (QED) is 0.629. The van der Waals surface area contributed by atoms with E-state index in [9.17, 15) is 9.59 Å². The van der Waals surface area contributed by atoms with Crippen LogP contribution >= 0.6 is 34.7 Å². The van der Waals surface area contributed by atoms with Gasteiger partial charge < -0.3 is 0 Å². The van der Waals surface area contributed by atoms with E-state index in [1.807, 2.05) is 6.07 Å². The van der Waals surface area contributed by atoms with Gasteiger partial charge in [-0.3, -0.25) is 14.5 Å². The van der Waals surface area contributed by atoms with E-state index < -0.39 is 0 Å². The van der Waals surface area contributed by atoms with Crippen LogP contribution in [-0.2, 0) is 4.79 Å². The van der Waals surface area contributed by atoms with Crippen molar-refractivity contribution in [1.29, 1.82) is 0 Å². The van der Waals surface area contributed by atoms with Gasteiger partial charge in [0.05, 0.1) is 9.24 Å². The largest absolute Gasteiger partial charge is 0.293 e. The fourth-order valence-corrected chi connectivity index (χ4v) is 3.24. The molecule has 0 aliphatic carbocycles. The van der Waals surface area contributed by atoms with Gasteiger partial charge in [0.25, 0.3) is 11.1 Å². The summed E-state index contributed by atoms with van der Waals surface area (Å²) in [4.78, 5) is 25.8. The van der Waals surface area contributed by atoms with Crippen LogP contribution in [0.2, 0.25) is 4.34 Å². The minimum atomic E-state index is -0.274. The lowest BCUT2D eigenvalue weighted by Crippen LogP contribution is -2.27. The first kappa shape index (κ1) is 12.4. The van der Waals surface area contributed by atoms with Gasteiger partial charge in [0, 0.05) is 11.4 Å². The van der Waals surface area contributed by atoms with Crippen molar-refractivity contribution >= 4 is 51.9 Å². The smallest absolute Gasteiger partial charge is 0.268 e. The summed E-state index contributed by atoms with van der Waals surface area (Å²) in [6.45, 7) is 3.76. The van der Waals surface area contributed by atoms with Crippen molar-refractivity contribution in [2.75, 3.05) is 6.54 Å². The zero-order valence-electron chi connectivity index (χ0n) is 8.68. The van der Waals surface area contributed by atoms with Crippen LogP contribution < -0.4 is 0 Å². The molecule has 1 aliphatic rings. The number of nitrogens with zero attached hydrogens (tertiary/aromatic N) is 1. The lowest BCUT2D eigenvalue weighted by atomic mass is 10.3. The summed E-state index contributed by atoms with van der Waals surface area (Å²) >= 11 is 8.10. The van der Waals surface area contributed by atoms with E-state index in [0.717, 1.165) is 16.6 Å². The topological polar surface area (TPSA) is 37.4 Å². The predicted molar refractivity (Wildman–Crippen MR) is 72.2 cm³/mol. The molecule has 0 N–H and O–H groups in total. The number of thioether (sulfide) groups is 1. The van der Waals surface area contributed by atoms with E-state index in [1.165, 1.54) is 22.3 Å². The fourth-order valence-electron chi connectivity index (χ4n) is 1.32. The molecular weight excluding hydrogens is 278 g/mol. The Hall–Kier alpha value is -1.04. The summed E-state index contributed by atoms with van der Waals surface area (Å²) < 4.78 is 0.654. The molecule has 1 aromatic heterocycles. The minimum absolute atomic E-state index is 0.243. The van der Waals surface area contributed by atoms with Crippen molar-refractivity contribution in [1.82, 2.24) is 4.90 Å². The number of hydrogen-bond acceptors (Lipinski definition) is 4. The Labute approximate surface area is 112 Å². The average Bonchev–Trinajstić information content (AvgIpc) is 2.79. The van der Waals surface area contributed by atoms with Crippen molar-refractivity contribution < 1.29 is 9.59 Å². The highest BCUT2D eigenvalue weighted by Gasteiger charge is 2.34. The highest BCUT2D eigenvalue weighted by molar-refractivity contribution is 8.18. The summed E-state index contributed by atoms with van der Waals surface area (Å²) in [5.74, 6) is -0.274. The number of hydrogen-bond donors (Lipinski definition) is 0. The zero-order valence-corrected chi connectivity index (χ0v) is 11.1. The molecule has 0 atom stereocenters. The maximum absolute atomic E-state index is 11.9. The van der Waals surface area contributed by atoms with Gasteiger partial charge in [-0.05, 0) is 30.0 Å². The first-order valence-corrected chi connectivity index (χ1v) is 6.74. The Balaban J connectivity index is 2.24. The molecule has 3 nitrogen and oxygen atoms in total. The average molecular weight is 286 g/mol. The summed E-state index contributed by atoms with van der Waals surface area (Å²) in [5.41, 5.74) is 0. The second kappa shape index (κ2) is 5.08. The Bertz CT molecular complexity index is 521. The predicted octanol–water partition coefficient (Wildman–Crippen LogP) is 3.62. The molecule has 88 valence electrons. The van der Waals surface area contributed by atoms with Crippen molar-refractivity contribution in [3.8, 4) is 0 Å². The number of halogens is 1. The van der Waals surface area contributed by atoms with Crippen LogP contribution in [0.25, 0.3) is 6.08 Å². The molecule has 1 saturated heterocycles. The van der Waals surface area contributed by atoms with Crippen molar-refractivity contribution in [2.45, 2.75) is 0 Å². The second-order valence-corrected chi connectivity index (χ2v) is 5.96. The van der Waals surface area contributed by atoms with Crippen molar-refractivity contribution in [2.24, 2.45) is 0 Å². The summed E-state index contributed by atoms with van der Waals surface area (Å²) in [7, 11) is 0. The van der Waals surface area contributed by atoms with Gasteiger partial charge in [-0.15, -0.1) is 17.9 Å². The van der Waals surface area contributed by atoms with Gasteiger partial charge in [-0.1, -0.05) is 17.7 Å². The van der Waals surface area contributed by atoms with Crippen LogP contribution in [-0.4, -0.2) is 22.6 Å². The molecule has 0 bridgehead atoms. The molecule has 0 spiro atoms. The molecule has 0 radical (unpaired) electrons. The second-order valence-electron chi connectivity index (χ2n) is 3.22. The van der Waals surface area contributed by atoms with E-state index in [-0.39, 0.29) is 17.7 Å². The molecule has 2 rings (SSSR count). The number of carbonyl (C=O) groups excluding carboxylic acids is 2. The van der Waals surface area contributed by atoms with Crippen LogP contribution in [0.5, 0.6) is 0 Å². The Morgan fingerprint density at radius 3 is 2.76 bits per heavy atom. The SMILES string of the molecule is C=CCN1C(=O)S/C(=C\c2ccc(Cl)s2)C1=O. The summed E-state index contributed by atoms with van der Waals surface area (Å²) in [6.07, 6.45) is 3.21. The Kier molecular flexibility index (Phi) is 3.71. The van der Waals surface area contributed by atoms with Crippen molar-refractivity contribution in [3.63, 3.8) is 0 Å². The Morgan fingerprint density at radius 2 is 2.18 bits per heavy atom. The van der Waals surface area contributed by atoms with Crippen molar-refractivity contribution in [3.05, 3.63) is 38.9 Å². The van der Waals surface area contributed by atoms with Crippen LogP contribution in [0, 0.1) is 0 Å². The van der Waals surface area contributed by atoms with E-state index in [2.05, 4.69) is 6.58 Å². The molecule has 0 unspecified atom stereocenters. The van der Waals surface area contributed by atoms with Crippen LogP contribution in [0.4, 0.5) is 4.79 Å². The number of carbonyl (C=O) groups is 2. The molecule has 2 amide bonds. The molecule has 17 heavy (non-hydrogen) atoms. The molecule has 1 fully saturated rings. The van der Waals surface area contributed by atoms with Crippen LogP contribution in [0.3, 0.4) is 0 Å². The van der Waals surface area contributed by atoms with Crippen LogP contribution in [0.15, 0.2) is 29.7 Å². The first-order chi connectivity index (χ1) is 8.11. The van der Waals surface area contributed by atoms with Gasteiger partial charge in [-0.2, -0.15) is 0 Å². The lowest BCUT2D eigenvalue weighted by molar-refractivity contribution is -0.122. The van der Waals surface area contributed by atoms with Gasteiger partial charge in [0.15, 0.2) is 0 Å². The van der Waals surface area contributed by atoms with Gasteiger partial charge >= 0.3 is 0 Å². The van der Waals surface area contributed by atoms with E-state index in [0.29, 0.717) is 9.24 Å². The maximum Gasteiger partial charge on any atom is 0.293 e. The lowest BCUT2D eigenvalue weighted by Gasteiger charge is -2.07. The molecule has 2 heterocycles. The van der Waals surface area contributed by atoms with E-state index in [4.69, 9.17) is 11.6 Å². The zero-order chi connectivity index (χ0) is 12.4. The van der Waals surface area contributed by atoms with Crippen LogP contribution in [0.1, 0.15) is 4.88 Å². The molecule has 1 aromatic rings. The molecule has 0 aromatic carbocycles. The third kappa shape index (κ3) is 2.62. The number of rotatable bonds is 3. The molecule has 0 saturated carbocycles. The van der Waals surface area contributed by atoms with Gasteiger partial charge in [-0.25, -0.2) is 0 Å². The number of amides is 2. The van der Waals surface area contributed by atoms with Gasteiger partial charge in [0.1, 0.15) is 0 Å². The summed E-state index contributed by atoms with van der Waals surface area (Å²) in [6, 6.07) is 3.57. The van der Waals surface area contributed by atoms with E-state index in [1.54, 1.807) is 12.1 Å². The fraction of sp³-hybridized carbons (Fsp3) is 0.0909. The molecule has 1 aliphatic heterocycles. The normalized spacial score (nSPS) is 18.2. The van der Waals surface area contributed by atoms with Gasteiger partial charge in [0.2, 0.25) is 0 Å². The third-order valence-corrected chi connectivity index (χ3v) is 4.14. The Morgan fingerprint density at radius 1 is 1.41 bits per heavy atom. The number of thiophene rings is 1. The number of imide groups is 1. The highest BCUT2D eigenvalue weighted by Crippen LogP contribution is 2.33. The monoisotopic (exact) mass is 285 g/mol. The standard InChI is InChI=1S/C11H8ClNO2S2/c1-2-5-13-10(14)8(17-11(13)15)6-7-3-4-9(12)16-7/h2-4,6H,1,5H2/b8-6-. The maximum atomic E-state index is 11.9. The highest BCUT2D eigenvalue weighted by atomic mass is 35.5. The summed E-state index contributed by atoms with van der Waals surface area (Å²) in [5, 5.41) is -0.260. The minimum Gasteiger partial charge on any atom is -0.268 e.